The van der Waals surface area contributed by atoms with Crippen LogP contribution in [0.15, 0.2) is 9.98 Å². The number of ether oxygens (including phenoxy) is 2. The zero-order chi connectivity index (χ0) is 17.1. The van der Waals surface area contributed by atoms with E-state index in [1.54, 1.807) is 0 Å². The molecule has 2 heterocycles. The van der Waals surface area contributed by atoms with E-state index in [1.165, 1.54) is 0 Å². The molecule has 1 fully saturated rings. The van der Waals surface area contributed by atoms with Crippen LogP contribution in [-0.4, -0.2) is 61.0 Å². The smallest absolute Gasteiger partial charge is 0.306 e. The minimum atomic E-state index is -0.312. The summed E-state index contributed by atoms with van der Waals surface area (Å²) >= 11 is 0. The van der Waals surface area contributed by atoms with Crippen LogP contribution in [0.2, 0.25) is 0 Å². The lowest BCUT2D eigenvalue weighted by molar-refractivity contribution is -0.119. The molecule has 4 atom stereocenters. The summed E-state index contributed by atoms with van der Waals surface area (Å²) in [6.45, 7) is 4.66. The fraction of sp³-hybridized carbons (Fsp3) is 0.750. The molecule has 3 aliphatic rings. The van der Waals surface area contributed by atoms with Crippen molar-refractivity contribution in [3.8, 4) is 0 Å². The average molecular weight is 336 g/mol. The molecule has 0 unspecified atom stereocenters. The van der Waals surface area contributed by atoms with E-state index in [0.29, 0.717) is 13.2 Å². The van der Waals surface area contributed by atoms with Gasteiger partial charge in [0.25, 0.3) is 11.8 Å². The number of nitrogens with one attached hydrogen (secondary N) is 2. The number of amides is 2. The molecule has 24 heavy (non-hydrogen) atoms. The number of hydrogen-bond donors (Lipinski definition) is 2. The van der Waals surface area contributed by atoms with Gasteiger partial charge in [-0.15, -0.1) is 0 Å². The highest BCUT2D eigenvalue weighted by atomic mass is 16.5. The Bertz CT molecular complexity index is 524. The van der Waals surface area contributed by atoms with Gasteiger partial charge < -0.3 is 20.1 Å². The summed E-state index contributed by atoms with van der Waals surface area (Å²) in [6, 6.07) is -0.270. The first-order valence-corrected chi connectivity index (χ1v) is 8.56. The highest BCUT2D eigenvalue weighted by Gasteiger charge is 2.32. The van der Waals surface area contributed by atoms with Gasteiger partial charge in [0.2, 0.25) is 0 Å². The van der Waals surface area contributed by atoms with Crippen molar-refractivity contribution >= 4 is 23.6 Å². The van der Waals surface area contributed by atoms with E-state index in [-0.39, 0.29) is 47.8 Å². The van der Waals surface area contributed by atoms with Crippen LogP contribution in [0.3, 0.4) is 0 Å². The van der Waals surface area contributed by atoms with Crippen LogP contribution < -0.4 is 10.6 Å². The summed E-state index contributed by atoms with van der Waals surface area (Å²) in [6.07, 6.45) is 3.64. The average Bonchev–Trinajstić information content (AvgIpc) is 3.18. The molecule has 0 saturated heterocycles. The summed E-state index contributed by atoms with van der Waals surface area (Å²) in [4.78, 5) is 32.9. The summed E-state index contributed by atoms with van der Waals surface area (Å²) in [7, 11) is 0. The number of nitrogens with zero attached hydrogens (tertiary/aromatic N) is 2. The third-order valence-corrected chi connectivity index (χ3v) is 4.39. The third-order valence-electron chi connectivity index (χ3n) is 4.39. The Kier molecular flexibility index (Phi) is 5.01. The second-order valence-electron chi connectivity index (χ2n) is 6.63. The van der Waals surface area contributed by atoms with E-state index < -0.39 is 0 Å². The van der Waals surface area contributed by atoms with Crippen LogP contribution in [0.1, 0.15) is 39.5 Å². The van der Waals surface area contributed by atoms with Crippen molar-refractivity contribution in [2.24, 2.45) is 9.98 Å². The SMILES string of the molecule is C[C@H]1COC(C(=O)N[C@@H]2CCCC[C@H]2NC(=O)C2=N[C@@H](C)CO2)=N1. The van der Waals surface area contributed by atoms with Crippen LogP contribution in [0.4, 0.5) is 0 Å². The first-order chi connectivity index (χ1) is 11.5. The summed E-state index contributed by atoms with van der Waals surface area (Å²) in [5, 5.41) is 5.89. The maximum atomic E-state index is 12.3. The second-order valence-corrected chi connectivity index (χ2v) is 6.63. The number of hydrogen-bond acceptors (Lipinski definition) is 6. The van der Waals surface area contributed by atoms with Crippen LogP contribution in [-0.2, 0) is 19.1 Å². The molecule has 0 spiro atoms. The lowest BCUT2D eigenvalue weighted by Gasteiger charge is -2.32. The molecule has 2 aliphatic heterocycles. The largest absolute Gasteiger partial charge is 0.472 e. The van der Waals surface area contributed by atoms with Crippen LogP contribution in [0.25, 0.3) is 0 Å². The van der Waals surface area contributed by atoms with E-state index in [4.69, 9.17) is 9.47 Å². The second kappa shape index (κ2) is 7.19. The van der Waals surface area contributed by atoms with Crippen LogP contribution in [0, 0.1) is 0 Å². The van der Waals surface area contributed by atoms with E-state index in [2.05, 4.69) is 20.6 Å². The molecule has 3 rings (SSSR count). The molecule has 2 N–H and O–H groups in total. The van der Waals surface area contributed by atoms with Crippen LogP contribution >= 0.6 is 0 Å². The number of aliphatic imine (C=N–C) groups is 2. The topological polar surface area (TPSA) is 101 Å². The molecule has 8 heteroatoms. The molecule has 0 radical (unpaired) electrons. The predicted molar refractivity (Wildman–Crippen MR) is 88.0 cm³/mol. The molecule has 0 aromatic rings. The van der Waals surface area contributed by atoms with Gasteiger partial charge in [0.15, 0.2) is 0 Å². The molecule has 0 aromatic heterocycles. The maximum absolute atomic E-state index is 12.3. The van der Waals surface area contributed by atoms with Crippen molar-refractivity contribution in [2.45, 2.75) is 63.7 Å². The van der Waals surface area contributed by atoms with Gasteiger partial charge in [-0.05, 0) is 26.7 Å². The first-order valence-electron chi connectivity index (χ1n) is 8.56. The van der Waals surface area contributed by atoms with E-state index in [9.17, 15) is 9.59 Å². The van der Waals surface area contributed by atoms with E-state index in [0.717, 1.165) is 25.7 Å². The summed E-state index contributed by atoms with van der Waals surface area (Å²) < 4.78 is 10.6. The van der Waals surface area contributed by atoms with Gasteiger partial charge in [0.05, 0.1) is 12.1 Å². The predicted octanol–water partition coefficient (Wildman–Crippen LogP) is 0.164. The Morgan fingerprint density at radius 1 is 0.875 bits per heavy atom. The molecule has 0 bridgehead atoms. The highest BCUT2D eigenvalue weighted by molar-refractivity contribution is 6.36. The molecule has 1 saturated carbocycles. The molecule has 132 valence electrons. The summed E-state index contributed by atoms with van der Waals surface area (Å²) in [5.74, 6) is -0.354. The first kappa shape index (κ1) is 16.7. The van der Waals surface area contributed by atoms with Gasteiger partial charge in [-0.1, -0.05) is 12.8 Å². The Hall–Kier alpha value is -2.12. The minimum absolute atomic E-state index is 0.00659. The minimum Gasteiger partial charge on any atom is -0.472 e. The molecular weight excluding hydrogens is 312 g/mol. The monoisotopic (exact) mass is 336 g/mol. The normalized spacial score (nSPS) is 32.2. The van der Waals surface area contributed by atoms with Gasteiger partial charge in [0.1, 0.15) is 13.2 Å². The van der Waals surface area contributed by atoms with Crippen molar-refractivity contribution < 1.29 is 19.1 Å². The quantitative estimate of drug-likeness (QED) is 0.764. The molecule has 0 aromatic carbocycles. The fourth-order valence-electron chi connectivity index (χ4n) is 3.13. The number of carbonyl (C=O) groups excluding carboxylic acids is 2. The molecule has 1 aliphatic carbocycles. The molecule has 2 amide bonds. The maximum Gasteiger partial charge on any atom is 0.306 e. The van der Waals surface area contributed by atoms with Crippen molar-refractivity contribution in [1.29, 1.82) is 0 Å². The molecule has 8 nitrogen and oxygen atoms in total. The third kappa shape index (κ3) is 3.85. The van der Waals surface area contributed by atoms with Gasteiger partial charge in [-0.25, -0.2) is 9.98 Å². The zero-order valence-electron chi connectivity index (χ0n) is 14.1. The number of rotatable bonds is 4. The van der Waals surface area contributed by atoms with E-state index >= 15 is 0 Å². The van der Waals surface area contributed by atoms with Gasteiger partial charge in [0, 0.05) is 12.1 Å². The van der Waals surface area contributed by atoms with Gasteiger partial charge >= 0.3 is 11.8 Å². The lowest BCUT2D eigenvalue weighted by Crippen LogP contribution is -2.55. The Morgan fingerprint density at radius 3 is 1.62 bits per heavy atom. The Morgan fingerprint density at radius 2 is 1.29 bits per heavy atom. The summed E-state index contributed by atoms with van der Waals surface area (Å²) in [5.41, 5.74) is 0. The fourth-order valence-corrected chi connectivity index (χ4v) is 3.13. The highest BCUT2D eigenvalue weighted by Crippen LogP contribution is 2.19. The standard InChI is InChI=1S/C16H24N4O4/c1-9-7-23-15(17-9)13(21)19-11-5-3-4-6-12(11)20-14(22)16-18-10(2)8-24-16/h9-12H,3-8H2,1-2H3,(H,19,21)(H,20,22)/t9-,10-,11+,12+/m0/s1. The van der Waals surface area contributed by atoms with Crippen molar-refractivity contribution in [3.05, 3.63) is 0 Å². The lowest BCUT2D eigenvalue weighted by atomic mass is 9.90. The Labute approximate surface area is 141 Å². The Balaban J connectivity index is 1.59. The number of carbonyl (C=O) groups is 2. The van der Waals surface area contributed by atoms with Crippen molar-refractivity contribution in [1.82, 2.24) is 10.6 Å². The molecular formula is C16H24N4O4. The van der Waals surface area contributed by atoms with Gasteiger partial charge in [-0.2, -0.15) is 0 Å². The van der Waals surface area contributed by atoms with Crippen molar-refractivity contribution in [3.63, 3.8) is 0 Å². The van der Waals surface area contributed by atoms with Gasteiger partial charge in [-0.3, -0.25) is 9.59 Å². The van der Waals surface area contributed by atoms with E-state index in [1.807, 2.05) is 13.8 Å². The van der Waals surface area contributed by atoms with Crippen molar-refractivity contribution in [2.75, 3.05) is 13.2 Å². The van der Waals surface area contributed by atoms with Crippen LogP contribution in [0.5, 0.6) is 0 Å². The zero-order valence-corrected chi connectivity index (χ0v) is 14.1.